The third-order valence-electron chi connectivity index (χ3n) is 3.50. The van der Waals surface area contributed by atoms with Crippen molar-refractivity contribution in [2.45, 2.75) is 11.0 Å². The van der Waals surface area contributed by atoms with E-state index >= 15 is 0 Å². The molecule has 0 saturated heterocycles. The molecular formula is C18H17NO5S. The van der Waals surface area contributed by atoms with Crippen LogP contribution in [0.2, 0.25) is 0 Å². The number of thioether (sulfide) groups is 1. The number of hydrogen-bond donors (Lipinski definition) is 1. The van der Waals surface area contributed by atoms with Crippen molar-refractivity contribution in [3.8, 4) is 11.5 Å². The maximum Gasteiger partial charge on any atom is 0.351 e. The molecule has 1 aliphatic heterocycles. The normalized spacial score (nSPS) is 15.3. The summed E-state index contributed by atoms with van der Waals surface area (Å²) in [5.41, 5.74) is 0.683. The molecule has 6 nitrogen and oxygen atoms in total. The number of carbonyl (C=O) groups excluding carboxylic acids is 2. The van der Waals surface area contributed by atoms with Crippen molar-refractivity contribution in [1.29, 1.82) is 0 Å². The maximum absolute atomic E-state index is 12.1. The number of rotatable bonds is 5. The molecule has 0 fully saturated rings. The number of amides is 1. The lowest BCUT2D eigenvalue weighted by Gasteiger charge is -2.24. The minimum absolute atomic E-state index is 0.0484. The quantitative estimate of drug-likeness (QED) is 0.654. The lowest BCUT2D eigenvalue weighted by atomic mass is 10.2. The van der Waals surface area contributed by atoms with E-state index in [4.69, 9.17) is 14.2 Å². The second kappa shape index (κ2) is 7.94. The van der Waals surface area contributed by atoms with E-state index in [1.54, 1.807) is 24.3 Å². The Balaban J connectivity index is 1.52. The smallest absolute Gasteiger partial charge is 0.351 e. The highest BCUT2D eigenvalue weighted by Gasteiger charge is 2.29. The average Bonchev–Trinajstić information content (AvgIpc) is 2.66. The van der Waals surface area contributed by atoms with Crippen LogP contribution in [0.5, 0.6) is 11.5 Å². The molecular weight excluding hydrogens is 342 g/mol. The number of benzene rings is 2. The third kappa shape index (κ3) is 4.24. The lowest BCUT2D eigenvalue weighted by Crippen LogP contribution is -2.39. The van der Waals surface area contributed by atoms with Gasteiger partial charge >= 0.3 is 5.97 Å². The Morgan fingerprint density at radius 3 is 2.68 bits per heavy atom. The average molecular weight is 359 g/mol. The van der Waals surface area contributed by atoms with E-state index in [0.29, 0.717) is 17.2 Å². The summed E-state index contributed by atoms with van der Waals surface area (Å²) < 4.78 is 16.0. The fourth-order valence-electron chi connectivity index (χ4n) is 2.30. The van der Waals surface area contributed by atoms with Crippen LogP contribution in [0, 0.1) is 0 Å². The second-order valence-electron chi connectivity index (χ2n) is 5.22. The Morgan fingerprint density at radius 1 is 1.16 bits per heavy atom. The first-order chi connectivity index (χ1) is 12.2. The maximum atomic E-state index is 12.1. The summed E-state index contributed by atoms with van der Waals surface area (Å²) in [7, 11) is 0. The summed E-state index contributed by atoms with van der Waals surface area (Å²) >= 11 is 1.52. The van der Waals surface area contributed by atoms with Crippen LogP contribution in [0.3, 0.4) is 0 Å². The van der Waals surface area contributed by atoms with Crippen LogP contribution in [0.25, 0.3) is 0 Å². The van der Waals surface area contributed by atoms with Gasteiger partial charge in [0, 0.05) is 4.90 Å². The second-order valence-corrected chi connectivity index (χ2v) is 6.07. The molecule has 2 aromatic rings. The molecule has 0 aromatic heterocycles. The van der Waals surface area contributed by atoms with Gasteiger partial charge in [0.15, 0.2) is 18.1 Å². The van der Waals surface area contributed by atoms with Gasteiger partial charge < -0.3 is 19.5 Å². The van der Waals surface area contributed by atoms with Gasteiger partial charge in [0.05, 0.1) is 5.69 Å². The molecule has 3 rings (SSSR count). The molecule has 25 heavy (non-hydrogen) atoms. The van der Waals surface area contributed by atoms with Crippen LogP contribution in [-0.4, -0.2) is 37.4 Å². The predicted octanol–water partition coefficient (Wildman–Crippen LogP) is 2.73. The molecule has 0 radical (unpaired) electrons. The molecule has 0 saturated carbocycles. The van der Waals surface area contributed by atoms with Crippen molar-refractivity contribution >= 4 is 29.3 Å². The van der Waals surface area contributed by atoms with E-state index in [-0.39, 0.29) is 13.2 Å². The first kappa shape index (κ1) is 17.2. The van der Waals surface area contributed by atoms with E-state index in [2.05, 4.69) is 5.32 Å². The van der Waals surface area contributed by atoms with Crippen molar-refractivity contribution in [2.24, 2.45) is 0 Å². The topological polar surface area (TPSA) is 73.9 Å². The molecule has 0 bridgehead atoms. The molecule has 1 atom stereocenters. The van der Waals surface area contributed by atoms with Gasteiger partial charge in [0.2, 0.25) is 6.10 Å². The fourth-order valence-corrected chi connectivity index (χ4v) is 2.85. The fraction of sp³-hybridized carbons (Fsp3) is 0.222. The van der Waals surface area contributed by atoms with Gasteiger partial charge in [-0.05, 0) is 30.5 Å². The van der Waals surface area contributed by atoms with E-state index < -0.39 is 18.0 Å². The van der Waals surface area contributed by atoms with Crippen LogP contribution < -0.4 is 14.8 Å². The lowest BCUT2D eigenvalue weighted by molar-refractivity contribution is -0.156. The Bertz CT molecular complexity index is 780. The van der Waals surface area contributed by atoms with Gasteiger partial charge in [0.1, 0.15) is 6.61 Å². The summed E-state index contributed by atoms with van der Waals surface area (Å²) in [6.45, 7) is -0.337. The summed E-state index contributed by atoms with van der Waals surface area (Å²) in [5, 5.41) is 2.73. The Labute approximate surface area is 149 Å². The summed E-state index contributed by atoms with van der Waals surface area (Å²) in [4.78, 5) is 25.0. The Morgan fingerprint density at radius 2 is 1.88 bits per heavy atom. The van der Waals surface area contributed by atoms with Crippen molar-refractivity contribution in [3.05, 3.63) is 48.5 Å². The number of fused-ring (bicyclic) bond motifs is 1. The number of nitrogens with one attached hydrogen (secondary N) is 1. The van der Waals surface area contributed by atoms with E-state index in [0.717, 1.165) is 4.90 Å². The van der Waals surface area contributed by atoms with Crippen LogP contribution in [-0.2, 0) is 14.3 Å². The number of anilines is 1. The van der Waals surface area contributed by atoms with Gasteiger partial charge in [-0.1, -0.05) is 24.3 Å². The van der Waals surface area contributed by atoms with Crippen molar-refractivity contribution in [1.82, 2.24) is 0 Å². The third-order valence-corrected chi connectivity index (χ3v) is 4.29. The molecule has 1 amide bonds. The van der Waals surface area contributed by atoms with Crippen LogP contribution in [0.4, 0.5) is 5.69 Å². The van der Waals surface area contributed by atoms with Crippen LogP contribution in [0.15, 0.2) is 53.4 Å². The number of ether oxygens (including phenoxy) is 3. The zero-order chi connectivity index (χ0) is 17.6. The monoisotopic (exact) mass is 359 g/mol. The van der Waals surface area contributed by atoms with Gasteiger partial charge in [-0.15, -0.1) is 11.8 Å². The van der Waals surface area contributed by atoms with Crippen molar-refractivity contribution in [3.63, 3.8) is 0 Å². The molecule has 7 heteroatoms. The highest BCUT2D eigenvalue weighted by atomic mass is 32.2. The SMILES string of the molecule is CSc1ccccc1NC(=O)COC(=O)[C@H]1COc2ccccc2O1. The zero-order valence-electron chi connectivity index (χ0n) is 13.6. The molecule has 1 N–H and O–H groups in total. The molecule has 130 valence electrons. The summed E-state index contributed by atoms with van der Waals surface area (Å²) in [5.74, 6) is 0.0156. The number of hydrogen-bond acceptors (Lipinski definition) is 6. The summed E-state index contributed by atoms with van der Waals surface area (Å²) in [6.07, 6.45) is 1.03. The number of para-hydroxylation sites is 3. The van der Waals surface area contributed by atoms with Gasteiger partial charge in [-0.25, -0.2) is 4.79 Å². The Hall–Kier alpha value is -2.67. The number of esters is 1. The highest BCUT2D eigenvalue weighted by molar-refractivity contribution is 7.98. The van der Waals surface area contributed by atoms with E-state index in [1.807, 2.05) is 30.5 Å². The minimum atomic E-state index is -0.888. The molecule has 1 heterocycles. The molecule has 1 aliphatic rings. The van der Waals surface area contributed by atoms with E-state index in [1.165, 1.54) is 11.8 Å². The van der Waals surface area contributed by atoms with E-state index in [9.17, 15) is 9.59 Å². The van der Waals surface area contributed by atoms with Crippen LogP contribution >= 0.6 is 11.8 Å². The van der Waals surface area contributed by atoms with Crippen LogP contribution in [0.1, 0.15) is 0 Å². The van der Waals surface area contributed by atoms with Crippen molar-refractivity contribution in [2.75, 3.05) is 24.8 Å². The predicted molar refractivity (Wildman–Crippen MR) is 94.2 cm³/mol. The van der Waals surface area contributed by atoms with Crippen molar-refractivity contribution < 1.29 is 23.8 Å². The first-order valence-corrected chi connectivity index (χ1v) is 8.88. The van der Waals surface area contributed by atoms with Gasteiger partial charge in [0.25, 0.3) is 5.91 Å². The standard InChI is InChI=1S/C18H17NO5S/c1-25-16-9-5-2-6-12(16)19-17(20)11-23-18(21)15-10-22-13-7-3-4-8-14(13)24-15/h2-9,15H,10-11H2,1H3,(H,19,20)/t15-/m1/s1. The molecule has 0 aliphatic carbocycles. The molecule has 0 unspecified atom stereocenters. The highest BCUT2D eigenvalue weighted by Crippen LogP contribution is 2.31. The number of carbonyl (C=O) groups is 2. The molecule has 0 spiro atoms. The first-order valence-electron chi connectivity index (χ1n) is 7.65. The molecule has 2 aromatic carbocycles. The van der Waals surface area contributed by atoms with Gasteiger partial charge in [-0.3, -0.25) is 4.79 Å². The zero-order valence-corrected chi connectivity index (χ0v) is 14.4. The minimum Gasteiger partial charge on any atom is -0.485 e. The largest absolute Gasteiger partial charge is 0.485 e. The summed E-state index contributed by atoms with van der Waals surface area (Å²) in [6, 6.07) is 14.5. The van der Waals surface area contributed by atoms with Gasteiger partial charge in [-0.2, -0.15) is 0 Å². The Kier molecular flexibility index (Phi) is 5.45.